The van der Waals surface area contributed by atoms with Crippen molar-refractivity contribution in [2.75, 3.05) is 11.1 Å². The highest BCUT2D eigenvalue weighted by molar-refractivity contribution is 8.00. The molecular formula is C15H10F5NO2S. The van der Waals surface area contributed by atoms with Crippen molar-refractivity contribution in [2.45, 2.75) is 11.3 Å². The Morgan fingerprint density at radius 1 is 1.04 bits per heavy atom. The smallest absolute Gasteiger partial charge is 0.406 e. The summed E-state index contributed by atoms with van der Waals surface area (Å²) in [7, 11) is 0. The van der Waals surface area contributed by atoms with Gasteiger partial charge in [-0.1, -0.05) is 0 Å². The number of hydrogen-bond donors (Lipinski definition) is 1. The highest BCUT2D eigenvalue weighted by atomic mass is 32.2. The van der Waals surface area contributed by atoms with E-state index in [0.29, 0.717) is 4.90 Å². The van der Waals surface area contributed by atoms with Gasteiger partial charge in [0.05, 0.1) is 5.75 Å². The molecule has 2 aromatic rings. The molecule has 9 heteroatoms. The third kappa shape index (κ3) is 5.73. The number of benzene rings is 2. The Labute approximate surface area is 137 Å². The SMILES string of the molecule is O=C(CSc1ccc(F)c(F)c1)Nc1ccc(OC(F)(F)F)cc1. The molecule has 0 saturated heterocycles. The first-order chi connectivity index (χ1) is 11.2. The van der Waals surface area contributed by atoms with Gasteiger partial charge >= 0.3 is 6.36 Å². The summed E-state index contributed by atoms with van der Waals surface area (Å²) in [6.07, 6.45) is -4.79. The van der Waals surface area contributed by atoms with Gasteiger partial charge in [0, 0.05) is 10.6 Å². The number of alkyl halides is 3. The molecule has 0 spiro atoms. The van der Waals surface area contributed by atoms with E-state index in [0.717, 1.165) is 36.0 Å². The zero-order valence-corrected chi connectivity index (χ0v) is 12.7. The maximum Gasteiger partial charge on any atom is 0.573 e. The van der Waals surface area contributed by atoms with Gasteiger partial charge in [0.2, 0.25) is 5.91 Å². The minimum atomic E-state index is -4.79. The molecule has 2 rings (SSSR count). The highest BCUT2D eigenvalue weighted by Gasteiger charge is 2.30. The second-order valence-corrected chi connectivity index (χ2v) is 5.53. The number of carbonyl (C=O) groups excluding carboxylic acids is 1. The van der Waals surface area contributed by atoms with Gasteiger partial charge in [0.1, 0.15) is 5.75 Å². The number of ether oxygens (including phenoxy) is 1. The summed E-state index contributed by atoms with van der Waals surface area (Å²) in [4.78, 5) is 12.1. The summed E-state index contributed by atoms with van der Waals surface area (Å²) in [5.41, 5.74) is 0.278. The number of halogens is 5. The van der Waals surface area contributed by atoms with E-state index in [1.807, 2.05) is 0 Å². The number of thioether (sulfide) groups is 1. The number of carbonyl (C=O) groups is 1. The van der Waals surface area contributed by atoms with E-state index in [-0.39, 0.29) is 11.4 Å². The summed E-state index contributed by atoms with van der Waals surface area (Å²) in [5, 5.41) is 2.46. The Hall–Kier alpha value is -2.29. The molecule has 0 aliphatic heterocycles. The van der Waals surface area contributed by atoms with Crippen molar-refractivity contribution in [1.29, 1.82) is 0 Å². The molecule has 128 valence electrons. The Balaban J connectivity index is 1.86. The fourth-order valence-corrected chi connectivity index (χ4v) is 2.37. The van der Waals surface area contributed by atoms with Crippen molar-refractivity contribution in [2.24, 2.45) is 0 Å². The Morgan fingerprint density at radius 2 is 1.71 bits per heavy atom. The first-order valence-electron chi connectivity index (χ1n) is 6.46. The molecule has 24 heavy (non-hydrogen) atoms. The van der Waals surface area contributed by atoms with Crippen LogP contribution < -0.4 is 10.1 Å². The standard InChI is InChI=1S/C15H10F5NO2S/c16-12-6-5-11(7-13(12)17)24-8-14(22)21-9-1-3-10(4-2-9)23-15(18,19)20/h1-7H,8H2,(H,21,22). The molecule has 0 fully saturated rings. The lowest BCUT2D eigenvalue weighted by Crippen LogP contribution is -2.17. The van der Waals surface area contributed by atoms with Gasteiger partial charge in [-0.15, -0.1) is 24.9 Å². The number of nitrogens with one attached hydrogen (secondary N) is 1. The van der Waals surface area contributed by atoms with Crippen LogP contribution >= 0.6 is 11.8 Å². The van der Waals surface area contributed by atoms with Crippen LogP contribution in [0.25, 0.3) is 0 Å². The van der Waals surface area contributed by atoms with Crippen LogP contribution in [-0.2, 0) is 4.79 Å². The Kier molecular flexibility index (Phi) is 5.66. The van der Waals surface area contributed by atoms with Crippen molar-refractivity contribution < 1.29 is 31.5 Å². The molecule has 0 atom stereocenters. The lowest BCUT2D eigenvalue weighted by molar-refractivity contribution is -0.274. The summed E-state index contributed by atoms with van der Waals surface area (Å²) in [6, 6.07) is 7.88. The number of amides is 1. The van der Waals surface area contributed by atoms with Crippen LogP contribution in [0, 0.1) is 11.6 Å². The van der Waals surface area contributed by atoms with Crippen molar-refractivity contribution in [1.82, 2.24) is 0 Å². The average molecular weight is 363 g/mol. The molecule has 0 aliphatic rings. The van der Waals surface area contributed by atoms with Gasteiger partial charge in [0.15, 0.2) is 11.6 Å². The third-order valence-electron chi connectivity index (χ3n) is 2.63. The van der Waals surface area contributed by atoms with Crippen LogP contribution in [0.3, 0.4) is 0 Å². The van der Waals surface area contributed by atoms with E-state index < -0.39 is 29.7 Å². The van der Waals surface area contributed by atoms with Gasteiger partial charge in [-0.2, -0.15) is 0 Å². The summed E-state index contributed by atoms with van der Waals surface area (Å²) in [5.74, 6) is -2.93. The van der Waals surface area contributed by atoms with Crippen LogP contribution in [0.15, 0.2) is 47.4 Å². The van der Waals surface area contributed by atoms with Gasteiger partial charge in [-0.25, -0.2) is 8.78 Å². The summed E-state index contributed by atoms with van der Waals surface area (Å²) < 4.78 is 65.6. The van der Waals surface area contributed by atoms with Crippen molar-refractivity contribution in [3.63, 3.8) is 0 Å². The van der Waals surface area contributed by atoms with Crippen LogP contribution in [0.4, 0.5) is 27.6 Å². The van der Waals surface area contributed by atoms with Crippen molar-refractivity contribution >= 4 is 23.4 Å². The molecule has 1 amide bonds. The number of hydrogen-bond acceptors (Lipinski definition) is 3. The van der Waals surface area contributed by atoms with Gasteiger partial charge in [-0.3, -0.25) is 4.79 Å². The molecule has 0 bridgehead atoms. The molecular weight excluding hydrogens is 353 g/mol. The van der Waals surface area contributed by atoms with E-state index in [4.69, 9.17) is 0 Å². The first kappa shape index (κ1) is 18.1. The van der Waals surface area contributed by atoms with E-state index in [1.165, 1.54) is 18.2 Å². The highest BCUT2D eigenvalue weighted by Crippen LogP contribution is 2.24. The molecule has 3 nitrogen and oxygen atoms in total. The fraction of sp³-hybridized carbons (Fsp3) is 0.133. The molecule has 0 unspecified atom stereocenters. The quantitative estimate of drug-likeness (QED) is 0.624. The number of anilines is 1. The average Bonchev–Trinajstić information content (AvgIpc) is 2.49. The van der Waals surface area contributed by atoms with E-state index >= 15 is 0 Å². The minimum absolute atomic E-state index is 0.0775. The fourth-order valence-electron chi connectivity index (χ4n) is 1.65. The van der Waals surface area contributed by atoms with E-state index in [9.17, 15) is 26.7 Å². The summed E-state index contributed by atoms with van der Waals surface area (Å²) in [6.45, 7) is 0. The molecule has 2 aromatic carbocycles. The molecule has 0 saturated carbocycles. The van der Waals surface area contributed by atoms with Gasteiger partial charge in [0.25, 0.3) is 0 Å². The van der Waals surface area contributed by atoms with Crippen LogP contribution in [0.2, 0.25) is 0 Å². The largest absolute Gasteiger partial charge is 0.573 e. The van der Waals surface area contributed by atoms with Crippen LogP contribution in [-0.4, -0.2) is 18.0 Å². The topological polar surface area (TPSA) is 38.3 Å². The molecule has 0 aliphatic carbocycles. The number of rotatable bonds is 5. The maximum absolute atomic E-state index is 13.0. The molecule has 0 radical (unpaired) electrons. The van der Waals surface area contributed by atoms with Crippen molar-refractivity contribution in [3.05, 3.63) is 54.1 Å². The zero-order valence-electron chi connectivity index (χ0n) is 11.9. The third-order valence-corrected chi connectivity index (χ3v) is 3.63. The van der Waals surface area contributed by atoms with Gasteiger partial charge in [-0.05, 0) is 42.5 Å². The Bertz CT molecular complexity index is 719. The lowest BCUT2D eigenvalue weighted by atomic mass is 10.3. The van der Waals surface area contributed by atoms with E-state index in [1.54, 1.807) is 0 Å². The summed E-state index contributed by atoms with van der Waals surface area (Å²) >= 11 is 0.990. The molecule has 0 aromatic heterocycles. The van der Waals surface area contributed by atoms with Crippen LogP contribution in [0.5, 0.6) is 5.75 Å². The second kappa shape index (κ2) is 7.52. The van der Waals surface area contributed by atoms with Crippen LogP contribution in [0.1, 0.15) is 0 Å². The first-order valence-corrected chi connectivity index (χ1v) is 7.45. The normalized spacial score (nSPS) is 11.2. The van der Waals surface area contributed by atoms with Gasteiger partial charge < -0.3 is 10.1 Å². The van der Waals surface area contributed by atoms with E-state index in [2.05, 4.69) is 10.1 Å². The molecule has 1 N–H and O–H groups in total. The lowest BCUT2D eigenvalue weighted by Gasteiger charge is -2.10. The Morgan fingerprint density at radius 3 is 2.29 bits per heavy atom. The van der Waals surface area contributed by atoms with Crippen molar-refractivity contribution in [3.8, 4) is 5.75 Å². The minimum Gasteiger partial charge on any atom is -0.406 e. The maximum atomic E-state index is 13.0. The predicted octanol–water partition coefficient (Wildman–Crippen LogP) is 4.59. The second-order valence-electron chi connectivity index (χ2n) is 4.48. The monoisotopic (exact) mass is 363 g/mol. The zero-order chi connectivity index (χ0) is 17.7. The molecule has 0 heterocycles. The predicted molar refractivity (Wildman–Crippen MR) is 78.8 cm³/mol.